The summed E-state index contributed by atoms with van der Waals surface area (Å²) in [5.41, 5.74) is 1.60. The molecule has 2 heterocycles. The average Bonchev–Trinajstić information content (AvgIpc) is 2.73. The topological polar surface area (TPSA) is 20.3 Å². The van der Waals surface area contributed by atoms with E-state index in [1.165, 1.54) is 10.4 Å². The first-order valence-corrected chi connectivity index (χ1v) is 8.23. The normalized spacial score (nSPS) is 21.3. The highest BCUT2D eigenvalue weighted by atomic mass is 32.1. The molecule has 1 aliphatic heterocycles. The minimum Gasteiger partial charge on any atom is -0.337 e. The summed E-state index contributed by atoms with van der Waals surface area (Å²) in [5.74, 6) is -2.67. The molecule has 0 saturated carbocycles. The minimum absolute atomic E-state index is 0.0166. The minimum atomic E-state index is -2.63. The lowest BCUT2D eigenvalue weighted by atomic mass is 9.90. The maximum absolute atomic E-state index is 12.9. The van der Waals surface area contributed by atoms with Gasteiger partial charge in [-0.2, -0.15) is 0 Å². The van der Waals surface area contributed by atoms with Crippen LogP contribution in [0.5, 0.6) is 0 Å². The van der Waals surface area contributed by atoms with E-state index in [0.29, 0.717) is 18.5 Å². The van der Waals surface area contributed by atoms with E-state index in [4.69, 9.17) is 0 Å². The Morgan fingerprint density at radius 3 is 2.67 bits per heavy atom. The predicted octanol–water partition coefficient (Wildman–Crippen LogP) is 3.99. The Kier molecular flexibility index (Phi) is 3.39. The van der Waals surface area contributed by atoms with Crippen LogP contribution in [0.25, 0.3) is 0 Å². The maximum Gasteiger partial charge on any atom is 0.263 e. The molecule has 2 nitrogen and oxygen atoms in total. The first kappa shape index (κ1) is 14.9. The van der Waals surface area contributed by atoms with Gasteiger partial charge in [-0.15, -0.1) is 11.3 Å². The zero-order chi connectivity index (χ0) is 15.4. The van der Waals surface area contributed by atoms with Gasteiger partial charge in [0.05, 0.1) is 4.88 Å². The lowest BCUT2D eigenvalue weighted by Crippen LogP contribution is -2.51. The molecule has 0 N–H and O–H groups in total. The number of thiophene rings is 1. The number of hydrogen-bond acceptors (Lipinski definition) is 2. The Labute approximate surface area is 128 Å². The van der Waals surface area contributed by atoms with Gasteiger partial charge >= 0.3 is 0 Å². The van der Waals surface area contributed by atoms with Crippen molar-refractivity contribution in [1.29, 1.82) is 0 Å². The number of carbonyl (C=O) groups is 1. The lowest BCUT2D eigenvalue weighted by Gasteiger charge is -2.40. The van der Waals surface area contributed by atoms with E-state index < -0.39 is 5.92 Å². The monoisotopic (exact) mass is 313 g/mol. The number of fused-ring (bicyclic) bond motifs is 1. The van der Waals surface area contributed by atoms with Crippen LogP contribution in [0.4, 0.5) is 8.78 Å². The highest BCUT2D eigenvalue weighted by Crippen LogP contribution is 2.41. The van der Waals surface area contributed by atoms with Crippen molar-refractivity contribution >= 4 is 17.2 Å². The third-order valence-electron chi connectivity index (χ3n) is 4.31. The number of hydrogen-bond donors (Lipinski definition) is 0. The number of alkyl halides is 2. The number of amides is 1. The Morgan fingerprint density at radius 2 is 2.10 bits per heavy atom. The van der Waals surface area contributed by atoms with Crippen LogP contribution in [0, 0.1) is 11.3 Å². The molecule has 1 amide bonds. The van der Waals surface area contributed by atoms with Crippen molar-refractivity contribution in [2.75, 3.05) is 13.1 Å². The van der Waals surface area contributed by atoms with Gasteiger partial charge in [0.15, 0.2) is 0 Å². The fourth-order valence-corrected chi connectivity index (χ4v) is 4.82. The van der Waals surface area contributed by atoms with Gasteiger partial charge in [0.25, 0.3) is 5.91 Å². The van der Waals surface area contributed by atoms with Crippen molar-refractivity contribution < 1.29 is 13.6 Å². The van der Waals surface area contributed by atoms with E-state index in [2.05, 4.69) is 13.8 Å². The molecule has 2 aliphatic rings. The highest BCUT2D eigenvalue weighted by Gasteiger charge is 2.38. The Morgan fingerprint density at radius 1 is 1.43 bits per heavy atom. The van der Waals surface area contributed by atoms with Crippen LogP contribution >= 0.6 is 11.3 Å². The second-order valence-electron chi connectivity index (χ2n) is 7.43. The third-order valence-corrected chi connectivity index (χ3v) is 5.47. The summed E-state index contributed by atoms with van der Waals surface area (Å²) >= 11 is 1.58. The second-order valence-corrected chi connectivity index (χ2v) is 8.56. The summed E-state index contributed by atoms with van der Waals surface area (Å²) in [4.78, 5) is 16.1. The van der Waals surface area contributed by atoms with Gasteiger partial charge in [0, 0.05) is 24.4 Å². The Bertz CT molecular complexity index is 542. The van der Waals surface area contributed by atoms with Crippen molar-refractivity contribution in [2.24, 2.45) is 11.3 Å². The van der Waals surface area contributed by atoms with Crippen molar-refractivity contribution in [3.05, 3.63) is 21.4 Å². The second kappa shape index (κ2) is 4.77. The third kappa shape index (κ3) is 3.12. The standard InChI is InChI=1S/C16H21F2NOS/c1-15(2)6-11-4-12(21-13(11)7-15)14(20)19-8-10(9-19)5-16(3,17)18/h4,10H,5-9H2,1-3H3. The van der Waals surface area contributed by atoms with Crippen LogP contribution in [0.1, 0.15) is 47.3 Å². The zero-order valence-electron chi connectivity index (χ0n) is 12.7. The molecule has 0 aromatic carbocycles. The van der Waals surface area contributed by atoms with Crippen LogP contribution in [0.3, 0.4) is 0 Å². The largest absolute Gasteiger partial charge is 0.337 e. The number of likely N-dealkylation sites (tertiary alicyclic amines) is 1. The SMILES string of the molecule is CC(F)(F)CC1CN(C(=O)c2cc3c(s2)CC(C)(C)C3)C1. The molecule has 0 atom stereocenters. The van der Waals surface area contributed by atoms with Crippen molar-refractivity contribution in [3.63, 3.8) is 0 Å². The summed E-state index contributed by atoms with van der Waals surface area (Å²) in [6, 6.07) is 2.01. The van der Waals surface area contributed by atoms with Gasteiger partial charge in [0.2, 0.25) is 5.92 Å². The molecule has 1 saturated heterocycles. The summed E-state index contributed by atoms with van der Waals surface area (Å²) in [6.45, 7) is 6.37. The Balaban J connectivity index is 1.59. The molecular formula is C16H21F2NOS. The molecule has 116 valence electrons. The predicted molar refractivity (Wildman–Crippen MR) is 80.1 cm³/mol. The number of carbonyl (C=O) groups excluding carboxylic acids is 1. The summed E-state index contributed by atoms with van der Waals surface area (Å²) in [5, 5.41) is 0. The summed E-state index contributed by atoms with van der Waals surface area (Å²) in [7, 11) is 0. The van der Waals surface area contributed by atoms with Gasteiger partial charge in [-0.25, -0.2) is 8.78 Å². The average molecular weight is 313 g/mol. The Hall–Kier alpha value is -0.970. The van der Waals surface area contributed by atoms with Gasteiger partial charge < -0.3 is 4.90 Å². The van der Waals surface area contributed by atoms with Crippen molar-refractivity contribution in [2.45, 2.75) is 46.0 Å². The molecule has 1 fully saturated rings. The maximum atomic E-state index is 12.9. The zero-order valence-corrected chi connectivity index (χ0v) is 13.5. The van der Waals surface area contributed by atoms with Crippen molar-refractivity contribution in [3.8, 4) is 0 Å². The molecule has 0 bridgehead atoms. The van der Waals surface area contributed by atoms with Crippen LogP contribution in [-0.4, -0.2) is 29.8 Å². The van der Waals surface area contributed by atoms with Crippen molar-refractivity contribution in [1.82, 2.24) is 4.90 Å². The molecule has 0 radical (unpaired) electrons. The van der Waals surface area contributed by atoms with Crippen LogP contribution in [-0.2, 0) is 12.8 Å². The van der Waals surface area contributed by atoms with E-state index in [1.807, 2.05) is 6.07 Å². The molecular weight excluding hydrogens is 292 g/mol. The lowest BCUT2D eigenvalue weighted by molar-refractivity contribution is -0.0314. The van der Waals surface area contributed by atoms with Gasteiger partial charge in [-0.1, -0.05) is 13.8 Å². The smallest absolute Gasteiger partial charge is 0.263 e. The van der Waals surface area contributed by atoms with Crippen LogP contribution in [0.2, 0.25) is 0 Å². The van der Waals surface area contributed by atoms with Gasteiger partial charge in [-0.05, 0) is 42.7 Å². The molecule has 5 heteroatoms. The molecule has 1 aromatic rings. The number of halogens is 2. The molecule has 3 rings (SSSR count). The highest BCUT2D eigenvalue weighted by molar-refractivity contribution is 7.14. The molecule has 0 spiro atoms. The van der Waals surface area contributed by atoms with E-state index >= 15 is 0 Å². The van der Waals surface area contributed by atoms with Gasteiger partial charge in [-0.3, -0.25) is 4.79 Å². The van der Waals surface area contributed by atoms with Crippen LogP contribution < -0.4 is 0 Å². The first-order chi connectivity index (χ1) is 9.63. The number of nitrogens with zero attached hydrogens (tertiary/aromatic N) is 1. The number of rotatable bonds is 3. The van der Waals surface area contributed by atoms with Gasteiger partial charge in [0.1, 0.15) is 0 Å². The van der Waals surface area contributed by atoms with E-state index in [9.17, 15) is 13.6 Å². The summed E-state index contributed by atoms with van der Waals surface area (Å²) < 4.78 is 25.9. The van der Waals surface area contributed by atoms with E-state index in [1.54, 1.807) is 16.2 Å². The fraction of sp³-hybridized carbons (Fsp3) is 0.688. The molecule has 21 heavy (non-hydrogen) atoms. The summed E-state index contributed by atoms with van der Waals surface area (Å²) in [6.07, 6.45) is 1.94. The van der Waals surface area contributed by atoms with E-state index in [-0.39, 0.29) is 18.2 Å². The fourth-order valence-electron chi connectivity index (χ4n) is 3.41. The quantitative estimate of drug-likeness (QED) is 0.826. The molecule has 1 aromatic heterocycles. The molecule has 1 aliphatic carbocycles. The van der Waals surface area contributed by atoms with Crippen LogP contribution in [0.15, 0.2) is 6.07 Å². The van der Waals surface area contributed by atoms with E-state index in [0.717, 1.165) is 24.6 Å². The first-order valence-electron chi connectivity index (χ1n) is 7.42. The molecule has 0 unspecified atom stereocenters.